The average molecular weight is 263 g/mol. The summed E-state index contributed by atoms with van der Waals surface area (Å²) in [5.74, 6) is 0.259. The van der Waals surface area contributed by atoms with E-state index in [0.717, 1.165) is 10.6 Å². The summed E-state index contributed by atoms with van der Waals surface area (Å²) in [7, 11) is 1.76. The Labute approximate surface area is 109 Å². The fraction of sp³-hybridized carbons (Fsp3) is 0.250. The molecule has 1 N–H and O–H groups in total. The number of anilines is 1. The minimum Gasteiger partial charge on any atom is -0.462 e. The summed E-state index contributed by atoms with van der Waals surface area (Å²) >= 11 is 1.36. The maximum atomic E-state index is 11.6. The summed E-state index contributed by atoms with van der Waals surface area (Å²) in [6.45, 7) is 2.17. The van der Waals surface area contributed by atoms with E-state index in [1.165, 1.54) is 11.3 Å². The van der Waals surface area contributed by atoms with Crippen LogP contribution in [0.25, 0.3) is 10.6 Å². The van der Waals surface area contributed by atoms with Gasteiger partial charge in [-0.05, 0) is 25.1 Å². The third-order valence-corrected chi connectivity index (χ3v) is 3.30. The number of ether oxygens (including phenoxy) is 1. The third-order valence-electron chi connectivity index (χ3n) is 2.21. The number of rotatable bonds is 4. The number of hydrogen-bond donors (Lipinski definition) is 1. The minimum absolute atomic E-state index is 0.295. The molecule has 0 saturated carbocycles. The monoisotopic (exact) mass is 263 g/mol. The normalized spacial score (nSPS) is 10.1. The predicted molar refractivity (Wildman–Crippen MR) is 70.8 cm³/mol. The molecule has 0 aliphatic heterocycles. The molecule has 18 heavy (non-hydrogen) atoms. The van der Waals surface area contributed by atoms with Gasteiger partial charge >= 0.3 is 5.97 Å². The fourth-order valence-corrected chi connectivity index (χ4v) is 2.27. The van der Waals surface area contributed by atoms with Crippen LogP contribution in [0.1, 0.15) is 16.6 Å². The number of nitrogens with zero attached hydrogens (tertiary/aromatic N) is 2. The van der Waals surface area contributed by atoms with Crippen LogP contribution in [0.3, 0.4) is 0 Å². The first-order valence-electron chi connectivity index (χ1n) is 5.52. The number of hydrogen-bond acceptors (Lipinski definition) is 6. The Bertz CT molecular complexity index is 554. The molecule has 0 unspecified atom stereocenters. The highest BCUT2D eigenvalue weighted by Gasteiger charge is 2.11. The smallest absolute Gasteiger partial charge is 0.348 e. The quantitative estimate of drug-likeness (QED) is 0.858. The molecule has 6 heteroatoms. The Morgan fingerprint density at radius 2 is 2.28 bits per heavy atom. The second-order valence-corrected chi connectivity index (χ2v) is 4.48. The Kier molecular flexibility index (Phi) is 3.88. The van der Waals surface area contributed by atoms with Crippen molar-refractivity contribution in [2.24, 2.45) is 0 Å². The predicted octanol–water partition coefficient (Wildman–Crippen LogP) is 2.42. The van der Waals surface area contributed by atoms with Crippen molar-refractivity contribution in [3.05, 3.63) is 29.3 Å². The molecule has 0 aliphatic rings. The van der Waals surface area contributed by atoms with Crippen molar-refractivity contribution in [2.75, 3.05) is 19.0 Å². The summed E-state index contributed by atoms with van der Waals surface area (Å²) in [5, 5.41) is 2.88. The van der Waals surface area contributed by atoms with Gasteiger partial charge in [0, 0.05) is 13.2 Å². The minimum atomic E-state index is -0.295. The molecular formula is C12H13N3O2S. The highest BCUT2D eigenvalue weighted by molar-refractivity contribution is 7.17. The zero-order valence-corrected chi connectivity index (χ0v) is 11.0. The molecule has 2 aromatic rings. The summed E-state index contributed by atoms with van der Waals surface area (Å²) in [5.41, 5.74) is 0.787. The van der Waals surface area contributed by atoms with Crippen LogP contribution < -0.4 is 5.32 Å². The van der Waals surface area contributed by atoms with Gasteiger partial charge in [-0.25, -0.2) is 14.8 Å². The molecule has 0 saturated heterocycles. The lowest BCUT2D eigenvalue weighted by molar-refractivity contribution is 0.0532. The van der Waals surface area contributed by atoms with Crippen LogP contribution in [0.2, 0.25) is 0 Å². The van der Waals surface area contributed by atoms with E-state index in [1.54, 1.807) is 26.2 Å². The van der Waals surface area contributed by atoms with E-state index >= 15 is 0 Å². The van der Waals surface area contributed by atoms with Gasteiger partial charge in [-0.2, -0.15) is 0 Å². The van der Waals surface area contributed by atoms with Crippen molar-refractivity contribution in [3.8, 4) is 10.6 Å². The molecule has 0 amide bonds. The number of nitrogens with one attached hydrogen (secondary N) is 1. The van der Waals surface area contributed by atoms with Gasteiger partial charge in [0.15, 0.2) is 0 Å². The summed E-state index contributed by atoms with van der Waals surface area (Å²) in [6.07, 6.45) is 1.68. The van der Waals surface area contributed by atoms with Gasteiger partial charge in [-0.15, -0.1) is 11.3 Å². The standard InChI is InChI=1S/C12H13N3O2S/c1-3-17-11(16)10-5-4-9(18-10)8-6-7-14-12(13-2)15-8/h4-7H,3H2,1-2H3,(H,13,14,15). The Hall–Kier alpha value is -1.95. The van der Waals surface area contributed by atoms with Crippen molar-refractivity contribution in [1.82, 2.24) is 9.97 Å². The van der Waals surface area contributed by atoms with E-state index in [0.29, 0.717) is 17.4 Å². The molecule has 0 atom stereocenters. The molecule has 2 heterocycles. The van der Waals surface area contributed by atoms with Crippen molar-refractivity contribution in [3.63, 3.8) is 0 Å². The van der Waals surface area contributed by atoms with E-state index in [2.05, 4.69) is 15.3 Å². The van der Waals surface area contributed by atoms with Gasteiger partial charge in [0.05, 0.1) is 17.2 Å². The number of thiophene rings is 1. The molecule has 94 valence electrons. The summed E-state index contributed by atoms with van der Waals surface area (Å²) in [4.78, 5) is 21.4. The van der Waals surface area contributed by atoms with Crippen LogP contribution in [0.4, 0.5) is 5.95 Å². The van der Waals surface area contributed by atoms with E-state index in [4.69, 9.17) is 4.74 Å². The molecule has 2 aromatic heterocycles. The van der Waals surface area contributed by atoms with Crippen LogP contribution in [0.15, 0.2) is 24.4 Å². The zero-order valence-electron chi connectivity index (χ0n) is 10.1. The van der Waals surface area contributed by atoms with Gasteiger partial charge in [-0.1, -0.05) is 0 Å². The molecule has 2 rings (SSSR count). The average Bonchev–Trinajstić information content (AvgIpc) is 2.89. The first kappa shape index (κ1) is 12.5. The number of aromatic nitrogens is 2. The topological polar surface area (TPSA) is 64.1 Å². The lowest BCUT2D eigenvalue weighted by Crippen LogP contribution is -2.01. The number of carbonyl (C=O) groups is 1. The maximum absolute atomic E-state index is 11.6. The van der Waals surface area contributed by atoms with Crippen molar-refractivity contribution >= 4 is 23.3 Å². The summed E-state index contributed by atoms with van der Waals surface area (Å²) < 4.78 is 4.95. The number of esters is 1. The third kappa shape index (κ3) is 2.65. The molecule has 0 fully saturated rings. The van der Waals surface area contributed by atoms with Crippen LogP contribution in [0.5, 0.6) is 0 Å². The van der Waals surface area contributed by atoms with Gasteiger partial charge in [0.1, 0.15) is 4.88 Å². The van der Waals surface area contributed by atoms with E-state index in [1.807, 2.05) is 12.1 Å². The first-order chi connectivity index (χ1) is 8.74. The second-order valence-electron chi connectivity index (χ2n) is 3.40. The van der Waals surface area contributed by atoms with Crippen LogP contribution >= 0.6 is 11.3 Å². The molecule has 0 spiro atoms. The molecule has 0 bridgehead atoms. The molecule has 0 aliphatic carbocycles. The Morgan fingerprint density at radius 1 is 1.44 bits per heavy atom. The Balaban J connectivity index is 2.26. The molecule has 0 aromatic carbocycles. The fourth-order valence-electron chi connectivity index (χ4n) is 1.40. The highest BCUT2D eigenvalue weighted by Crippen LogP contribution is 2.27. The number of carbonyl (C=O) groups excluding carboxylic acids is 1. The van der Waals surface area contributed by atoms with Gasteiger partial charge in [-0.3, -0.25) is 0 Å². The highest BCUT2D eigenvalue weighted by atomic mass is 32.1. The van der Waals surface area contributed by atoms with Gasteiger partial charge in [0.2, 0.25) is 5.95 Å². The molecular weight excluding hydrogens is 250 g/mol. The van der Waals surface area contributed by atoms with E-state index < -0.39 is 0 Å². The largest absolute Gasteiger partial charge is 0.462 e. The zero-order chi connectivity index (χ0) is 13.0. The van der Waals surface area contributed by atoms with E-state index in [9.17, 15) is 4.79 Å². The lowest BCUT2D eigenvalue weighted by Gasteiger charge is -2.00. The molecule has 0 radical (unpaired) electrons. The van der Waals surface area contributed by atoms with Crippen molar-refractivity contribution < 1.29 is 9.53 Å². The van der Waals surface area contributed by atoms with Gasteiger partial charge in [0.25, 0.3) is 0 Å². The SMILES string of the molecule is CCOC(=O)c1ccc(-c2ccnc(NC)n2)s1. The first-order valence-corrected chi connectivity index (χ1v) is 6.34. The molecule has 5 nitrogen and oxygen atoms in total. The summed E-state index contributed by atoms with van der Waals surface area (Å²) in [6, 6.07) is 5.42. The van der Waals surface area contributed by atoms with Crippen molar-refractivity contribution in [2.45, 2.75) is 6.92 Å². The van der Waals surface area contributed by atoms with Crippen LogP contribution in [-0.4, -0.2) is 29.6 Å². The second kappa shape index (κ2) is 5.59. The van der Waals surface area contributed by atoms with Crippen LogP contribution in [-0.2, 0) is 4.74 Å². The van der Waals surface area contributed by atoms with Crippen molar-refractivity contribution in [1.29, 1.82) is 0 Å². The lowest BCUT2D eigenvalue weighted by atomic mass is 10.3. The van der Waals surface area contributed by atoms with E-state index in [-0.39, 0.29) is 5.97 Å². The Morgan fingerprint density at radius 3 is 3.00 bits per heavy atom. The van der Waals surface area contributed by atoms with Gasteiger partial charge < -0.3 is 10.1 Å². The maximum Gasteiger partial charge on any atom is 0.348 e. The van der Waals surface area contributed by atoms with Crippen LogP contribution in [0, 0.1) is 0 Å².